The number of carbonyl (C=O) groups is 1. The molecular weight excluding hydrogens is 298 g/mol. The molecule has 0 aliphatic carbocycles. The van der Waals surface area contributed by atoms with Crippen LogP contribution in [0.15, 0.2) is 0 Å². The first-order valence-corrected chi connectivity index (χ1v) is 9.02. The van der Waals surface area contributed by atoms with Crippen molar-refractivity contribution in [2.24, 2.45) is 0 Å². The molecule has 2 saturated heterocycles. The lowest BCUT2D eigenvalue weighted by atomic mass is 9.98. The summed E-state index contributed by atoms with van der Waals surface area (Å²) in [7, 11) is 0. The van der Waals surface area contributed by atoms with E-state index in [0.717, 1.165) is 19.3 Å². The fourth-order valence-corrected chi connectivity index (χ4v) is 3.15. The van der Waals surface area contributed by atoms with Gasteiger partial charge in [0, 0.05) is 6.54 Å². The van der Waals surface area contributed by atoms with Gasteiger partial charge in [-0.2, -0.15) is 0 Å². The molecule has 1 amide bonds. The van der Waals surface area contributed by atoms with E-state index in [1.165, 1.54) is 25.7 Å². The quantitative estimate of drug-likeness (QED) is 0.658. The number of carbonyl (C=O) groups excluding carboxylic acids is 1. The van der Waals surface area contributed by atoms with E-state index in [9.17, 15) is 4.79 Å². The van der Waals surface area contributed by atoms with Crippen molar-refractivity contribution in [3.05, 3.63) is 0 Å². The summed E-state index contributed by atoms with van der Waals surface area (Å²) in [6, 6.07) is 0. The van der Waals surface area contributed by atoms with Crippen molar-refractivity contribution in [3.63, 3.8) is 0 Å². The van der Waals surface area contributed by atoms with Gasteiger partial charge in [0.05, 0.1) is 6.10 Å². The lowest BCUT2D eigenvalue weighted by molar-refractivity contribution is -0.316. The van der Waals surface area contributed by atoms with Crippen LogP contribution in [0.2, 0.25) is 0 Å². The number of amides is 1. The molecule has 2 heterocycles. The molecule has 6 nitrogen and oxygen atoms in total. The van der Waals surface area contributed by atoms with Gasteiger partial charge < -0.3 is 24.3 Å². The predicted octanol–water partition coefficient (Wildman–Crippen LogP) is 2.36. The summed E-state index contributed by atoms with van der Waals surface area (Å²) in [5, 5.41) is 2.97. The molecule has 0 radical (unpaired) electrons. The van der Waals surface area contributed by atoms with Crippen LogP contribution in [0.4, 0.5) is 0 Å². The molecule has 2 unspecified atom stereocenters. The second kappa shape index (κ2) is 10.2. The van der Waals surface area contributed by atoms with E-state index in [-0.39, 0.29) is 37.8 Å². The van der Waals surface area contributed by atoms with Crippen LogP contribution in [-0.4, -0.2) is 50.5 Å². The van der Waals surface area contributed by atoms with E-state index in [1.807, 2.05) is 6.92 Å². The molecule has 0 aromatic rings. The molecule has 0 aromatic heterocycles. The summed E-state index contributed by atoms with van der Waals surface area (Å²) in [5.41, 5.74) is 0. The maximum absolute atomic E-state index is 12.4. The summed E-state index contributed by atoms with van der Waals surface area (Å²) in [4.78, 5) is 12.4. The van der Waals surface area contributed by atoms with Crippen molar-refractivity contribution in [3.8, 4) is 0 Å². The summed E-state index contributed by atoms with van der Waals surface area (Å²) in [5.74, 6) is -0.103. The van der Waals surface area contributed by atoms with Crippen LogP contribution in [0.1, 0.15) is 58.8 Å². The molecule has 2 fully saturated rings. The average molecular weight is 329 g/mol. The molecule has 0 bridgehead atoms. The molecular formula is C17H31NO5. The Balaban J connectivity index is 1.71. The Hall–Kier alpha value is -0.690. The average Bonchev–Trinajstić information content (AvgIpc) is 2.59. The number of fused-ring (bicyclic) bond motifs is 1. The molecule has 6 heteroatoms. The van der Waals surface area contributed by atoms with Gasteiger partial charge in [-0.05, 0) is 12.8 Å². The fraction of sp³-hybridized carbons (Fsp3) is 0.941. The zero-order valence-electron chi connectivity index (χ0n) is 14.4. The van der Waals surface area contributed by atoms with Crippen molar-refractivity contribution in [1.82, 2.24) is 5.32 Å². The Morgan fingerprint density at radius 2 is 1.61 bits per heavy atom. The van der Waals surface area contributed by atoms with Crippen LogP contribution in [0, 0.1) is 0 Å². The van der Waals surface area contributed by atoms with Gasteiger partial charge in [0.25, 0.3) is 5.91 Å². The Bertz CT molecular complexity index is 352. The third-order valence-corrected chi connectivity index (χ3v) is 4.53. The maximum Gasteiger partial charge on any atom is 0.252 e. The van der Waals surface area contributed by atoms with Crippen molar-refractivity contribution in [2.45, 2.75) is 83.2 Å². The van der Waals surface area contributed by atoms with E-state index in [1.54, 1.807) is 0 Å². The molecule has 2 rings (SSSR count). The topological polar surface area (TPSA) is 66.0 Å². The largest absolute Gasteiger partial charge is 0.354 e. The zero-order valence-corrected chi connectivity index (χ0v) is 14.4. The van der Waals surface area contributed by atoms with Gasteiger partial charge in [-0.1, -0.05) is 46.0 Å². The normalized spacial score (nSPS) is 30.7. The summed E-state index contributed by atoms with van der Waals surface area (Å²) < 4.78 is 22.2. The summed E-state index contributed by atoms with van der Waals surface area (Å²) in [6.45, 7) is 5.24. The minimum atomic E-state index is -0.605. The summed E-state index contributed by atoms with van der Waals surface area (Å²) >= 11 is 0. The van der Waals surface area contributed by atoms with Gasteiger partial charge in [0.1, 0.15) is 25.8 Å². The number of nitrogens with one attached hydrogen (secondary N) is 1. The second-order valence-corrected chi connectivity index (χ2v) is 6.26. The first kappa shape index (κ1) is 18.6. The zero-order chi connectivity index (χ0) is 16.5. The molecule has 0 spiro atoms. The van der Waals surface area contributed by atoms with Crippen LogP contribution < -0.4 is 5.32 Å². The molecule has 4 atom stereocenters. The highest BCUT2D eigenvalue weighted by atomic mass is 16.8. The van der Waals surface area contributed by atoms with E-state index >= 15 is 0 Å². The van der Waals surface area contributed by atoms with Gasteiger partial charge in [-0.15, -0.1) is 0 Å². The Morgan fingerprint density at radius 3 is 2.39 bits per heavy atom. The van der Waals surface area contributed by atoms with Crippen LogP contribution in [0.3, 0.4) is 0 Å². The fourth-order valence-electron chi connectivity index (χ4n) is 3.15. The smallest absolute Gasteiger partial charge is 0.252 e. The van der Waals surface area contributed by atoms with Crippen molar-refractivity contribution < 1.29 is 23.7 Å². The first-order valence-electron chi connectivity index (χ1n) is 9.02. The van der Waals surface area contributed by atoms with Crippen LogP contribution in [0.5, 0.6) is 0 Å². The minimum Gasteiger partial charge on any atom is -0.354 e. The molecule has 0 aromatic carbocycles. The Labute approximate surface area is 139 Å². The van der Waals surface area contributed by atoms with Gasteiger partial charge in [-0.25, -0.2) is 0 Å². The number of hydrogen-bond donors (Lipinski definition) is 1. The van der Waals surface area contributed by atoms with Crippen LogP contribution >= 0.6 is 0 Å². The third kappa shape index (κ3) is 5.41. The van der Waals surface area contributed by atoms with Gasteiger partial charge in [-0.3, -0.25) is 4.79 Å². The monoisotopic (exact) mass is 329 g/mol. The van der Waals surface area contributed by atoms with E-state index < -0.39 is 6.10 Å². The van der Waals surface area contributed by atoms with E-state index in [0.29, 0.717) is 6.54 Å². The number of unbranched alkanes of at least 4 members (excludes halogenated alkanes) is 5. The Kier molecular flexibility index (Phi) is 8.30. The minimum absolute atomic E-state index is 0.0356. The van der Waals surface area contributed by atoms with E-state index in [4.69, 9.17) is 18.9 Å². The molecule has 134 valence electrons. The van der Waals surface area contributed by atoms with Crippen molar-refractivity contribution in [2.75, 3.05) is 20.1 Å². The lowest BCUT2D eigenvalue weighted by Crippen LogP contribution is -2.60. The number of ether oxygens (including phenoxy) is 4. The van der Waals surface area contributed by atoms with E-state index in [2.05, 4.69) is 12.2 Å². The van der Waals surface area contributed by atoms with Gasteiger partial charge >= 0.3 is 0 Å². The highest BCUT2D eigenvalue weighted by Gasteiger charge is 2.46. The highest BCUT2D eigenvalue weighted by molar-refractivity contribution is 5.81. The molecule has 2 aliphatic heterocycles. The first-order chi connectivity index (χ1) is 11.3. The Morgan fingerprint density at radius 1 is 0.913 bits per heavy atom. The van der Waals surface area contributed by atoms with Crippen LogP contribution in [-0.2, 0) is 23.7 Å². The maximum atomic E-state index is 12.4. The van der Waals surface area contributed by atoms with Gasteiger partial charge in [0.2, 0.25) is 0 Å². The molecule has 23 heavy (non-hydrogen) atoms. The van der Waals surface area contributed by atoms with Gasteiger partial charge in [0.15, 0.2) is 6.10 Å². The second-order valence-electron chi connectivity index (χ2n) is 6.26. The molecule has 1 N–H and O–H groups in total. The standard InChI is InChI=1S/C17H31NO5/c1-3-5-6-7-8-9-10-18-17(19)16-15-14(21-12-23-16)13(4-2)20-11-22-15/h13-16H,3-12H2,1-2H3,(H,18,19)/t13?,14-,15+,16?/m1/s1. The molecule has 0 saturated carbocycles. The highest BCUT2D eigenvalue weighted by Crippen LogP contribution is 2.27. The number of hydrogen-bond acceptors (Lipinski definition) is 5. The number of rotatable bonds is 9. The molecule has 2 aliphatic rings. The predicted molar refractivity (Wildman–Crippen MR) is 85.9 cm³/mol. The third-order valence-electron chi connectivity index (χ3n) is 4.53. The van der Waals surface area contributed by atoms with Crippen LogP contribution in [0.25, 0.3) is 0 Å². The van der Waals surface area contributed by atoms with Crippen molar-refractivity contribution >= 4 is 5.91 Å². The SMILES string of the molecule is CCCCCCCCNC(=O)C1OCO[C@@H]2C(CC)OCO[C@H]12. The van der Waals surface area contributed by atoms with Crippen molar-refractivity contribution in [1.29, 1.82) is 0 Å². The summed E-state index contributed by atoms with van der Waals surface area (Å²) in [6.07, 6.45) is 6.81. The lowest BCUT2D eigenvalue weighted by Gasteiger charge is -2.43.